The lowest BCUT2D eigenvalue weighted by Crippen LogP contribution is -2.43. The highest BCUT2D eigenvalue weighted by Gasteiger charge is 2.39. The Morgan fingerprint density at radius 1 is 1.00 bits per heavy atom. The van der Waals surface area contributed by atoms with Crippen LogP contribution in [0.3, 0.4) is 0 Å². The van der Waals surface area contributed by atoms with Crippen LogP contribution in [-0.2, 0) is 17.5 Å². The first-order valence-electron chi connectivity index (χ1n) is 18.4. The molecule has 55 heavy (non-hydrogen) atoms. The van der Waals surface area contributed by atoms with E-state index in [1.165, 1.54) is 6.07 Å². The van der Waals surface area contributed by atoms with Crippen LogP contribution in [0.4, 0.5) is 10.5 Å². The van der Waals surface area contributed by atoms with Crippen LogP contribution in [0.2, 0.25) is 18.1 Å². The molecule has 286 valence electrons. The number of oxazole rings is 1. The second-order valence-corrected chi connectivity index (χ2v) is 20.0. The number of carboxylic acid groups (broad SMARTS) is 1. The predicted octanol–water partition coefficient (Wildman–Crippen LogP) is 9.24. The minimum atomic E-state index is -2.24. The van der Waals surface area contributed by atoms with Crippen molar-refractivity contribution in [2.24, 2.45) is 0 Å². The van der Waals surface area contributed by atoms with Crippen molar-refractivity contribution in [3.63, 3.8) is 0 Å². The number of nitrogens with zero attached hydrogens (tertiary/aromatic N) is 1. The Hall–Kier alpha value is -5.69. The number of allylic oxidation sites excluding steroid dienone is 1. The van der Waals surface area contributed by atoms with Crippen LogP contribution < -0.4 is 21.9 Å². The lowest BCUT2D eigenvalue weighted by Gasteiger charge is -2.39. The standard InChI is InChI=1S/C43H48N4O7Si/c1-43(2,3)55(4,5)54-38(32-18-21-36(48)40-33(32)19-22-39(49)46-40)27-44-26-29-16-20-35-37(25-29)53-42(52)47(35)23-11-7-8-12-28-15-17-31(30-13-9-6-10-14-30)34(24-28)45-41(50)51/h6,8-10,12-22,24-25,38,44-45,48H,7,11,23,26-27H2,1-5H3,(H,46,49)(H,50,51)/b12-8+/t38-/m1/s1. The first kappa shape index (κ1) is 39.0. The third-order valence-electron chi connectivity index (χ3n) is 10.3. The normalized spacial score (nSPS) is 12.8. The fourth-order valence-electron chi connectivity index (χ4n) is 6.41. The zero-order chi connectivity index (χ0) is 39.3. The summed E-state index contributed by atoms with van der Waals surface area (Å²) in [5.41, 5.74) is 6.23. The molecule has 6 rings (SSSR count). The van der Waals surface area contributed by atoms with Gasteiger partial charge < -0.3 is 29.4 Å². The number of aromatic amines is 1. The Balaban J connectivity index is 1.11. The summed E-state index contributed by atoms with van der Waals surface area (Å²) in [6.07, 6.45) is 3.88. The maximum Gasteiger partial charge on any atom is 0.419 e. The Labute approximate surface area is 320 Å². The summed E-state index contributed by atoms with van der Waals surface area (Å²) in [6.45, 7) is 12.4. The topological polar surface area (TPSA) is 159 Å². The van der Waals surface area contributed by atoms with Gasteiger partial charge in [-0.25, -0.2) is 9.59 Å². The second-order valence-electron chi connectivity index (χ2n) is 15.3. The molecule has 12 heteroatoms. The number of nitrogens with one attached hydrogen (secondary N) is 3. The third-order valence-corrected chi connectivity index (χ3v) is 14.8. The zero-order valence-corrected chi connectivity index (χ0v) is 32.8. The van der Waals surface area contributed by atoms with Crippen LogP contribution in [0.15, 0.2) is 111 Å². The lowest BCUT2D eigenvalue weighted by atomic mass is 10.0. The van der Waals surface area contributed by atoms with E-state index in [2.05, 4.69) is 49.5 Å². The maximum absolute atomic E-state index is 12.9. The molecule has 0 aliphatic rings. The Morgan fingerprint density at radius 2 is 1.78 bits per heavy atom. The summed E-state index contributed by atoms with van der Waals surface area (Å²) in [5.74, 6) is -0.408. The van der Waals surface area contributed by atoms with Crippen molar-refractivity contribution in [3.05, 3.63) is 135 Å². The van der Waals surface area contributed by atoms with Crippen molar-refractivity contribution < 1.29 is 23.9 Å². The van der Waals surface area contributed by atoms with Crippen LogP contribution in [0.25, 0.3) is 39.2 Å². The van der Waals surface area contributed by atoms with Crippen molar-refractivity contribution in [2.75, 3.05) is 11.9 Å². The summed E-state index contributed by atoms with van der Waals surface area (Å²) in [7, 11) is -2.24. The van der Waals surface area contributed by atoms with E-state index in [0.29, 0.717) is 49.3 Å². The molecule has 0 spiro atoms. The number of hydrogen-bond acceptors (Lipinski definition) is 7. The number of rotatable bonds is 14. The van der Waals surface area contributed by atoms with Crippen molar-refractivity contribution in [1.29, 1.82) is 0 Å². The Morgan fingerprint density at radius 3 is 2.53 bits per heavy atom. The van der Waals surface area contributed by atoms with E-state index in [1.807, 2.05) is 84.9 Å². The van der Waals surface area contributed by atoms with E-state index < -0.39 is 20.2 Å². The number of aromatic hydroxyl groups is 1. The number of H-pyrrole nitrogens is 1. The van der Waals surface area contributed by atoms with Gasteiger partial charge in [0.1, 0.15) is 5.75 Å². The molecule has 11 nitrogen and oxygen atoms in total. The Bertz CT molecular complexity index is 2460. The molecule has 0 bridgehead atoms. The Kier molecular flexibility index (Phi) is 11.6. The minimum absolute atomic E-state index is 0.00417. The third kappa shape index (κ3) is 9.17. The monoisotopic (exact) mass is 760 g/mol. The largest absolute Gasteiger partial charge is 0.506 e. The molecular weight excluding hydrogens is 713 g/mol. The fourth-order valence-corrected chi connectivity index (χ4v) is 7.68. The molecule has 6 aromatic rings. The number of unbranched alkanes of at least 4 members (excludes halogenated alkanes) is 1. The highest BCUT2D eigenvalue weighted by molar-refractivity contribution is 6.74. The van der Waals surface area contributed by atoms with Gasteiger partial charge >= 0.3 is 11.8 Å². The number of aromatic nitrogens is 2. The van der Waals surface area contributed by atoms with Crippen LogP contribution in [0.5, 0.6) is 5.75 Å². The van der Waals surface area contributed by atoms with Gasteiger partial charge in [-0.2, -0.15) is 0 Å². The molecule has 1 atom stereocenters. The molecule has 0 fully saturated rings. The van der Waals surface area contributed by atoms with Crippen molar-refractivity contribution in [3.8, 4) is 16.9 Å². The molecule has 2 heterocycles. The van der Waals surface area contributed by atoms with Gasteiger partial charge in [0.2, 0.25) is 5.56 Å². The van der Waals surface area contributed by atoms with E-state index in [4.69, 9.17) is 8.84 Å². The average molecular weight is 761 g/mol. The molecule has 4 aromatic carbocycles. The van der Waals surface area contributed by atoms with E-state index >= 15 is 0 Å². The molecule has 0 aliphatic carbocycles. The van der Waals surface area contributed by atoms with Crippen LogP contribution >= 0.6 is 0 Å². The molecule has 0 saturated heterocycles. The zero-order valence-electron chi connectivity index (χ0n) is 31.8. The molecule has 0 unspecified atom stereocenters. The van der Waals surface area contributed by atoms with E-state index in [-0.39, 0.29) is 22.5 Å². The summed E-state index contributed by atoms with van der Waals surface area (Å²) in [6, 6.07) is 27.7. The van der Waals surface area contributed by atoms with Gasteiger partial charge in [-0.15, -0.1) is 0 Å². The quantitative estimate of drug-likeness (QED) is 0.0543. The predicted molar refractivity (Wildman–Crippen MR) is 221 cm³/mol. The molecule has 1 amide bonds. The summed E-state index contributed by atoms with van der Waals surface area (Å²) in [5, 5.41) is 26.6. The molecule has 2 aromatic heterocycles. The summed E-state index contributed by atoms with van der Waals surface area (Å²) < 4.78 is 14.2. The maximum atomic E-state index is 12.9. The second kappa shape index (κ2) is 16.4. The fraction of sp³-hybridized carbons (Fsp3) is 0.279. The first-order chi connectivity index (χ1) is 26.2. The van der Waals surface area contributed by atoms with Gasteiger partial charge in [-0.05, 0) is 83.6 Å². The number of phenolic OH excluding ortho intramolecular Hbond substituents is 1. The number of fused-ring (bicyclic) bond motifs is 2. The average Bonchev–Trinajstić information content (AvgIpc) is 3.44. The lowest BCUT2D eigenvalue weighted by molar-refractivity contribution is 0.181. The summed E-state index contributed by atoms with van der Waals surface area (Å²) >= 11 is 0. The van der Waals surface area contributed by atoms with Crippen LogP contribution in [0.1, 0.15) is 56.4 Å². The number of phenols is 1. The highest BCUT2D eigenvalue weighted by Crippen LogP contribution is 2.41. The number of anilines is 1. The molecule has 0 aliphatic heterocycles. The molecule has 0 radical (unpaired) electrons. The van der Waals surface area contributed by atoms with Gasteiger partial charge in [0.05, 0.1) is 22.8 Å². The number of hydrogen-bond donors (Lipinski definition) is 5. The molecular formula is C43H48N4O7Si. The van der Waals surface area contributed by atoms with E-state index in [0.717, 1.165) is 38.7 Å². The number of aryl methyl sites for hydroxylation is 1. The van der Waals surface area contributed by atoms with Crippen molar-refractivity contribution in [2.45, 2.75) is 70.9 Å². The van der Waals surface area contributed by atoms with Gasteiger partial charge in [0.15, 0.2) is 13.9 Å². The van der Waals surface area contributed by atoms with Crippen molar-refractivity contribution >= 4 is 48.2 Å². The van der Waals surface area contributed by atoms with Gasteiger partial charge in [0, 0.05) is 36.7 Å². The summed E-state index contributed by atoms with van der Waals surface area (Å²) in [4.78, 5) is 39.2. The van der Waals surface area contributed by atoms with Crippen LogP contribution in [0, 0.1) is 0 Å². The highest BCUT2D eigenvalue weighted by atomic mass is 28.4. The number of pyridine rings is 1. The number of carbonyl (C=O) groups is 1. The van der Waals surface area contributed by atoms with E-state index in [9.17, 15) is 24.6 Å². The number of amides is 1. The van der Waals surface area contributed by atoms with Gasteiger partial charge in [0.25, 0.3) is 0 Å². The van der Waals surface area contributed by atoms with E-state index in [1.54, 1.807) is 16.7 Å². The van der Waals surface area contributed by atoms with Gasteiger partial charge in [-0.3, -0.25) is 14.7 Å². The van der Waals surface area contributed by atoms with Crippen LogP contribution in [-0.4, -0.2) is 40.7 Å². The van der Waals surface area contributed by atoms with Gasteiger partial charge in [-0.1, -0.05) is 87.5 Å². The molecule has 5 N–H and O–H groups in total. The minimum Gasteiger partial charge on any atom is -0.506 e. The van der Waals surface area contributed by atoms with Crippen molar-refractivity contribution in [1.82, 2.24) is 14.9 Å². The molecule has 0 saturated carbocycles. The first-order valence-corrected chi connectivity index (χ1v) is 21.3. The smallest absolute Gasteiger partial charge is 0.419 e. The number of benzene rings is 4. The SMILES string of the molecule is CC(C)(C)[Si](C)(C)O[C@H](CNCc1ccc2c(c1)oc(=O)n2CCC/C=C/c1ccc(-c2ccccc2)c(NC(=O)O)c1)c1ccc(O)c2[nH]c(=O)ccc12.